The van der Waals surface area contributed by atoms with Gasteiger partial charge in [0.15, 0.2) is 11.5 Å². The third kappa shape index (κ3) is 5.96. The third-order valence-corrected chi connectivity index (χ3v) is 6.78. The van der Waals surface area contributed by atoms with E-state index in [0.717, 1.165) is 46.1 Å². The fourth-order valence-corrected chi connectivity index (χ4v) is 4.80. The number of aromatic nitrogens is 1. The van der Waals surface area contributed by atoms with Crippen LogP contribution in [-0.4, -0.2) is 31.7 Å². The second kappa shape index (κ2) is 11.6. The molecule has 0 bridgehead atoms. The molecule has 1 heterocycles. The van der Waals surface area contributed by atoms with E-state index in [1.807, 2.05) is 43.5 Å². The largest absolute Gasteiger partial charge is 0.493 e. The van der Waals surface area contributed by atoms with Crippen molar-refractivity contribution in [2.75, 3.05) is 20.8 Å². The molecule has 200 valence electrons. The molecule has 1 amide bonds. The highest BCUT2D eigenvalue weighted by molar-refractivity contribution is 5.88. The van der Waals surface area contributed by atoms with Crippen molar-refractivity contribution >= 4 is 16.8 Å². The number of rotatable bonds is 10. The summed E-state index contributed by atoms with van der Waals surface area (Å²) in [4.78, 5) is 16.4. The monoisotopic (exact) mass is 524 g/mol. The minimum atomic E-state index is -4.47. The van der Waals surface area contributed by atoms with Crippen LogP contribution in [0.25, 0.3) is 10.9 Å². The van der Waals surface area contributed by atoms with Crippen molar-refractivity contribution in [2.24, 2.45) is 0 Å². The molecule has 2 N–H and O–H groups in total. The van der Waals surface area contributed by atoms with Gasteiger partial charge in [-0.15, -0.1) is 0 Å². The van der Waals surface area contributed by atoms with Gasteiger partial charge in [-0.1, -0.05) is 49.4 Å². The number of halogens is 3. The number of methoxy groups -OCH3 is 2. The Kier molecular flexibility index (Phi) is 8.29. The van der Waals surface area contributed by atoms with Crippen LogP contribution in [-0.2, 0) is 23.8 Å². The maximum atomic E-state index is 13.5. The molecule has 38 heavy (non-hydrogen) atoms. The van der Waals surface area contributed by atoms with Gasteiger partial charge >= 0.3 is 6.18 Å². The zero-order chi connectivity index (χ0) is 27.3. The zero-order valence-corrected chi connectivity index (χ0v) is 21.6. The first-order chi connectivity index (χ1) is 18.2. The number of carbonyl (C=O) groups excluding carboxylic acids is 1. The van der Waals surface area contributed by atoms with Crippen LogP contribution < -0.4 is 14.8 Å². The number of hydrogen-bond donors (Lipinski definition) is 2. The van der Waals surface area contributed by atoms with Gasteiger partial charge in [-0.3, -0.25) is 4.79 Å². The Hall–Kier alpha value is -3.94. The van der Waals surface area contributed by atoms with E-state index in [1.165, 1.54) is 6.07 Å². The van der Waals surface area contributed by atoms with Gasteiger partial charge in [-0.25, -0.2) is 0 Å². The summed E-state index contributed by atoms with van der Waals surface area (Å²) in [6, 6.07) is 16.7. The second-order valence-electron chi connectivity index (χ2n) is 9.11. The number of benzene rings is 3. The lowest BCUT2D eigenvalue weighted by molar-refractivity contribution is -0.137. The van der Waals surface area contributed by atoms with Crippen molar-refractivity contribution < 1.29 is 27.4 Å². The minimum Gasteiger partial charge on any atom is -0.493 e. The highest BCUT2D eigenvalue weighted by atomic mass is 19.4. The van der Waals surface area contributed by atoms with Crippen molar-refractivity contribution in [1.82, 2.24) is 10.3 Å². The van der Waals surface area contributed by atoms with Crippen molar-refractivity contribution in [3.05, 3.63) is 94.7 Å². The van der Waals surface area contributed by atoms with Gasteiger partial charge in [0.2, 0.25) is 5.91 Å². The Morgan fingerprint density at radius 1 is 1.00 bits per heavy atom. The summed E-state index contributed by atoms with van der Waals surface area (Å²) < 4.78 is 51.1. The zero-order valence-electron chi connectivity index (χ0n) is 21.6. The van der Waals surface area contributed by atoms with Crippen molar-refractivity contribution in [3.8, 4) is 11.5 Å². The lowest BCUT2D eigenvalue weighted by Crippen LogP contribution is -2.27. The molecular weight excluding hydrogens is 493 g/mol. The Bertz CT molecular complexity index is 1410. The summed E-state index contributed by atoms with van der Waals surface area (Å²) in [5, 5.41) is 3.84. The predicted octanol–water partition coefficient (Wildman–Crippen LogP) is 6.65. The molecule has 0 fully saturated rings. The highest BCUT2D eigenvalue weighted by Gasteiger charge is 2.32. The Balaban J connectivity index is 1.58. The number of hydrogen-bond acceptors (Lipinski definition) is 3. The molecule has 0 aliphatic rings. The van der Waals surface area contributed by atoms with E-state index >= 15 is 0 Å². The number of aryl methyl sites for hydroxylation is 1. The van der Waals surface area contributed by atoms with E-state index in [4.69, 9.17) is 9.47 Å². The maximum Gasteiger partial charge on any atom is 0.416 e. The van der Waals surface area contributed by atoms with Crippen molar-refractivity contribution in [2.45, 2.75) is 38.3 Å². The Labute approximate surface area is 220 Å². The molecule has 0 aliphatic heterocycles. The van der Waals surface area contributed by atoms with Crippen LogP contribution in [0.4, 0.5) is 13.2 Å². The number of aromatic amines is 1. The molecule has 3 aromatic carbocycles. The van der Waals surface area contributed by atoms with Gasteiger partial charge in [0.25, 0.3) is 0 Å². The first-order valence-electron chi connectivity index (χ1n) is 12.5. The van der Waals surface area contributed by atoms with Gasteiger partial charge in [0, 0.05) is 36.0 Å². The normalized spacial score (nSPS) is 12.4. The average molecular weight is 525 g/mol. The van der Waals surface area contributed by atoms with E-state index in [1.54, 1.807) is 26.4 Å². The fraction of sp³-hybridized carbons (Fsp3) is 0.300. The van der Waals surface area contributed by atoms with Crippen LogP contribution in [0, 0.1) is 0 Å². The van der Waals surface area contributed by atoms with Crippen LogP contribution in [0.5, 0.6) is 11.5 Å². The molecule has 4 aromatic rings. The SMILES string of the molecule is CCc1cccc2c(C(CC(=O)NCCc3ccc(OC)c(OC)c3)c3cccc(C(F)(F)F)c3)c[nH]c12. The quantitative estimate of drug-likeness (QED) is 0.244. The first kappa shape index (κ1) is 27.1. The van der Waals surface area contributed by atoms with Gasteiger partial charge in [0.1, 0.15) is 0 Å². The molecule has 1 atom stereocenters. The van der Waals surface area contributed by atoms with E-state index in [9.17, 15) is 18.0 Å². The lowest BCUT2D eigenvalue weighted by Gasteiger charge is -2.19. The van der Waals surface area contributed by atoms with Crippen LogP contribution in [0.1, 0.15) is 47.1 Å². The maximum absolute atomic E-state index is 13.5. The van der Waals surface area contributed by atoms with Gasteiger partial charge in [-0.2, -0.15) is 13.2 Å². The average Bonchev–Trinajstić information content (AvgIpc) is 3.35. The number of amides is 1. The van der Waals surface area contributed by atoms with Gasteiger partial charge < -0.3 is 19.8 Å². The van der Waals surface area contributed by atoms with Crippen LogP contribution in [0.15, 0.2) is 66.9 Å². The number of alkyl halides is 3. The number of H-pyrrole nitrogens is 1. The Morgan fingerprint density at radius 3 is 2.47 bits per heavy atom. The molecule has 0 radical (unpaired) electrons. The molecule has 5 nitrogen and oxygen atoms in total. The predicted molar refractivity (Wildman–Crippen MR) is 142 cm³/mol. The molecule has 0 aliphatic carbocycles. The summed E-state index contributed by atoms with van der Waals surface area (Å²) in [5.74, 6) is 0.425. The summed E-state index contributed by atoms with van der Waals surface area (Å²) in [6.45, 7) is 2.42. The third-order valence-electron chi connectivity index (χ3n) is 6.78. The van der Waals surface area contributed by atoms with E-state index in [0.29, 0.717) is 30.0 Å². The van der Waals surface area contributed by atoms with E-state index < -0.39 is 17.7 Å². The number of fused-ring (bicyclic) bond motifs is 1. The molecule has 1 aromatic heterocycles. The number of carbonyl (C=O) groups is 1. The minimum absolute atomic E-state index is 0.0105. The summed E-state index contributed by atoms with van der Waals surface area (Å²) in [5.41, 5.74) is 3.51. The molecule has 0 spiro atoms. The molecular formula is C30H31F3N2O3. The second-order valence-corrected chi connectivity index (χ2v) is 9.11. The highest BCUT2D eigenvalue weighted by Crippen LogP contribution is 2.37. The van der Waals surface area contributed by atoms with Gasteiger partial charge in [0.05, 0.1) is 19.8 Å². The van der Waals surface area contributed by atoms with Crippen LogP contribution in [0.2, 0.25) is 0 Å². The lowest BCUT2D eigenvalue weighted by atomic mass is 9.86. The molecule has 8 heteroatoms. The topological polar surface area (TPSA) is 63.4 Å². The number of nitrogens with one attached hydrogen (secondary N) is 2. The number of para-hydroxylation sites is 1. The van der Waals surface area contributed by atoms with Crippen molar-refractivity contribution in [3.63, 3.8) is 0 Å². The summed E-state index contributed by atoms with van der Waals surface area (Å²) >= 11 is 0. The van der Waals surface area contributed by atoms with Crippen molar-refractivity contribution in [1.29, 1.82) is 0 Å². The number of ether oxygens (including phenoxy) is 2. The summed E-state index contributed by atoms with van der Waals surface area (Å²) in [7, 11) is 3.13. The molecule has 4 rings (SSSR count). The molecule has 1 unspecified atom stereocenters. The Morgan fingerprint density at radius 2 is 1.76 bits per heavy atom. The molecule has 0 saturated carbocycles. The first-order valence-corrected chi connectivity index (χ1v) is 12.5. The van der Waals surface area contributed by atoms with E-state index in [-0.39, 0.29) is 12.3 Å². The van der Waals surface area contributed by atoms with E-state index in [2.05, 4.69) is 10.3 Å². The fourth-order valence-electron chi connectivity index (χ4n) is 4.80. The smallest absolute Gasteiger partial charge is 0.416 e. The van der Waals surface area contributed by atoms with Gasteiger partial charge in [-0.05, 0) is 53.3 Å². The van der Waals surface area contributed by atoms with Crippen LogP contribution >= 0.6 is 0 Å². The summed E-state index contributed by atoms with van der Waals surface area (Å²) in [6.07, 6.45) is -1.28. The van der Waals surface area contributed by atoms with Crippen LogP contribution in [0.3, 0.4) is 0 Å². The molecule has 0 saturated heterocycles. The standard InChI is InChI=1S/C30H31F3N2O3/c1-4-20-7-6-10-23-25(18-35-29(20)23)24(21-8-5-9-22(16-21)30(31,32)33)17-28(36)34-14-13-19-11-12-26(37-2)27(15-19)38-3/h5-12,15-16,18,24,35H,4,13-14,17H2,1-3H3,(H,34,36).